The third kappa shape index (κ3) is 4.01. The number of nitrogens with one attached hydrogen (secondary N) is 1. The van der Waals surface area contributed by atoms with Gasteiger partial charge in [0.1, 0.15) is 17.3 Å². The van der Waals surface area contributed by atoms with Crippen molar-refractivity contribution in [1.29, 1.82) is 0 Å². The largest absolute Gasteiger partial charge is 0.497 e. The highest BCUT2D eigenvalue weighted by Gasteiger charge is 2.14. The maximum Gasteiger partial charge on any atom is 0.121 e. The van der Waals surface area contributed by atoms with Crippen LogP contribution in [0.1, 0.15) is 43.5 Å². The van der Waals surface area contributed by atoms with Gasteiger partial charge in [0.05, 0.1) is 24.8 Å². The average Bonchev–Trinajstić information content (AvgIpc) is 3.09. The molecule has 4 heteroatoms. The molecule has 0 bridgehead atoms. The standard InChI is InChI=1S/C22H26N2O2/c1-25-18-9-7-16(8-10-18)13-22-23-20-12-11-19(14-21(20)24-22)26-15-17-5-3-2-4-6-17/h7-12,14,17H,2-6,13,15H2,1H3,(H,23,24). The summed E-state index contributed by atoms with van der Waals surface area (Å²) in [4.78, 5) is 8.13. The van der Waals surface area contributed by atoms with Gasteiger partial charge in [-0.3, -0.25) is 0 Å². The van der Waals surface area contributed by atoms with E-state index >= 15 is 0 Å². The molecule has 0 saturated heterocycles. The number of imidazole rings is 1. The molecule has 4 rings (SSSR count). The third-order valence-electron chi connectivity index (χ3n) is 5.24. The summed E-state index contributed by atoms with van der Waals surface area (Å²) < 4.78 is 11.3. The van der Waals surface area contributed by atoms with E-state index < -0.39 is 0 Å². The van der Waals surface area contributed by atoms with Gasteiger partial charge in [0.15, 0.2) is 0 Å². The zero-order chi connectivity index (χ0) is 17.8. The molecule has 136 valence electrons. The van der Waals surface area contributed by atoms with Gasteiger partial charge >= 0.3 is 0 Å². The first kappa shape index (κ1) is 17.0. The number of nitrogens with zero attached hydrogens (tertiary/aromatic N) is 1. The van der Waals surface area contributed by atoms with Crippen LogP contribution in [-0.4, -0.2) is 23.7 Å². The Bertz CT molecular complexity index is 848. The van der Waals surface area contributed by atoms with Crippen molar-refractivity contribution in [1.82, 2.24) is 9.97 Å². The van der Waals surface area contributed by atoms with Gasteiger partial charge < -0.3 is 14.5 Å². The highest BCUT2D eigenvalue weighted by Crippen LogP contribution is 2.26. The molecule has 1 aliphatic rings. The number of ether oxygens (including phenoxy) is 2. The fourth-order valence-corrected chi connectivity index (χ4v) is 3.72. The van der Waals surface area contributed by atoms with Crippen LogP contribution in [0.5, 0.6) is 11.5 Å². The molecule has 2 aromatic carbocycles. The SMILES string of the molecule is COc1ccc(Cc2nc3ccc(OCC4CCCCC4)cc3[nH]2)cc1. The van der Waals surface area contributed by atoms with Crippen LogP contribution in [0.3, 0.4) is 0 Å². The number of fused-ring (bicyclic) bond motifs is 1. The lowest BCUT2D eigenvalue weighted by molar-refractivity contribution is 0.209. The molecule has 0 aliphatic heterocycles. The molecule has 0 unspecified atom stereocenters. The Morgan fingerprint density at radius 3 is 2.54 bits per heavy atom. The van der Waals surface area contributed by atoms with Crippen LogP contribution in [0.15, 0.2) is 42.5 Å². The number of hydrogen-bond donors (Lipinski definition) is 1. The minimum Gasteiger partial charge on any atom is -0.497 e. The molecule has 1 fully saturated rings. The maximum absolute atomic E-state index is 6.04. The molecule has 0 atom stereocenters. The van der Waals surface area contributed by atoms with Crippen molar-refractivity contribution in [3.63, 3.8) is 0 Å². The predicted octanol–water partition coefficient (Wildman–Crippen LogP) is 5.12. The van der Waals surface area contributed by atoms with Crippen molar-refractivity contribution >= 4 is 11.0 Å². The van der Waals surface area contributed by atoms with Crippen molar-refractivity contribution in [2.45, 2.75) is 38.5 Å². The molecular formula is C22H26N2O2. The first-order valence-electron chi connectivity index (χ1n) is 9.54. The Morgan fingerprint density at radius 2 is 1.77 bits per heavy atom. The number of hydrogen-bond acceptors (Lipinski definition) is 3. The van der Waals surface area contributed by atoms with E-state index in [0.717, 1.165) is 41.4 Å². The molecule has 1 heterocycles. The van der Waals surface area contributed by atoms with Crippen LogP contribution in [0.25, 0.3) is 11.0 Å². The summed E-state index contributed by atoms with van der Waals surface area (Å²) in [5, 5.41) is 0. The van der Waals surface area contributed by atoms with Gasteiger partial charge in [-0.05, 0) is 48.6 Å². The summed E-state index contributed by atoms with van der Waals surface area (Å²) in [6.45, 7) is 0.832. The van der Waals surface area contributed by atoms with Crippen LogP contribution in [0.2, 0.25) is 0 Å². The van der Waals surface area contributed by atoms with Crippen LogP contribution in [0, 0.1) is 5.92 Å². The number of aromatic nitrogens is 2. The molecule has 0 radical (unpaired) electrons. The molecule has 1 aromatic heterocycles. The smallest absolute Gasteiger partial charge is 0.121 e. The number of methoxy groups -OCH3 is 1. The first-order chi connectivity index (χ1) is 12.8. The van der Waals surface area contributed by atoms with Gasteiger partial charge in [-0.1, -0.05) is 31.4 Å². The van der Waals surface area contributed by atoms with Crippen molar-refractivity contribution < 1.29 is 9.47 Å². The van der Waals surface area contributed by atoms with Crippen molar-refractivity contribution in [3.05, 3.63) is 53.9 Å². The quantitative estimate of drug-likeness (QED) is 0.671. The lowest BCUT2D eigenvalue weighted by Gasteiger charge is -2.21. The first-order valence-corrected chi connectivity index (χ1v) is 9.54. The second-order valence-electron chi connectivity index (χ2n) is 7.20. The molecule has 3 aromatic rings. The minimum absolute atomic E-state index is 0.715. The summed E-state index contributed by atoms with van der Waals surface area (Å²) in [6, 6.07) is 14.3. The van der Waals surface area contributed by atoms with Crippen molar-refractivity contribution in [2.24, 2.45) is 5.92 Å². The number of rotatable bonds is 6. The fourth-order valence-electron chi connectivity index (χ4n) is 3.72. The van der Waals surface area contributed by atoms with Crippen molar-refractivity contribution in [2.75, 3.05) is 13.7 Å². The maximum atomic E-state index is 6.04. The van der Waals surface area contributed by atoms with Crippen LogP contribution >= 0.6 is 0 Å². The van der Waals surface area contributed by atoms with E-state index in [-0.39, 0.29) is 0 Å². The molecule has 1 aliphatic carbocycles. The number of H-pyrrole nitrogens is 1. The Morgan fingerprint density at radius 1 is 1.00 bits per heavy atom. The van der Waals surface area contributed by atoms with E-state index in [1.54, 1.807) is 7.11 Å². The van der Waals surface area contributed by atoms with Gasteiger partial charge in [0.25, 0.3) is 0 Å². The topological polar surface area (TPSA) is 47.1 Å². The van der Waals surface area contributed by atoms with Gasteiger partial charge in [0.2, 0.25) is 0 Å². The highest BCUT2D eigenvalue weighted by atomic mass is 16.5. The molecule has 0 spiro atoms. The van der Waals surface area contributed by atoms with Gasteiger partial charge in [0, 0.05) is 12.5 Å². The van der Waals surface area contributed by atoms with Gasteiger partial charge in [-0.2, -0.15) is 0 Å². The summed E-state index contributed by atoms with van der Waals surface area (Å²) in [5.41, 5.74) is 3.23. The Labute approximate surface area is 154 Å². The zero-order valence-electron chi connectivity index (χ0n) is 15.3. The second kappa shape index (κ2) is 7.81. The van der Waals surface area contributed by atoms with Crippen molar-refractivity contribution in [3.8, 4) is 11.5 Å². The molecule has 0 amide bonds. The normalized spacial score (nSPS) is 15.3. The number of aromatic amines is 1. The van der Waals surface area contributed by atoms with E-state index in [4.69, 9.17) is 14.5 Å². The lowest BCUT2D eigenvalue weighted by Crippen LogP contribution is -2.15. The molecule has 1 saturated carbocycles. The van der Waals surface area contributed by atoms with Gasteiger partial charge in [-0.25, -0.2) is 4.98 Å². The van der Waals surface area contributed by atoms with E-state index in [1.807, 2.05) is 24.3 Å². The lowest BCUT2D eigenvalue weighted by atomic mass is 9.90. The Balaban J connectivity index is 1.42. The van der Waals surface area contributed by atoms with E-state index in [0.29, 0.717) is 5.92 Å². The predicted molar refractivity (Wildman–Crippen MR) is 104 cm³/mol. The Hall–Kier alpha value is -2.49. The zero-order valence-corrected chi connectivity index (χ0v) is 15.3. The summed E-state index contributed by atoms with van der Waals surface area (Å²) in [7, 11) is 1.68. The van der Waals surface area contributed by atoms with Gasteiger partial charge in [-0.15, -0.1) is 0 Å². The second-order valence-corrected chi connectivity index (χ2v) is 7.20. The molecular weight excluding hydrogens is 324 g/mol. The minimum atomic E-state index is 0.715. The molecule has 4 nitrogen and oxygen atoms in total. The van der Waals surface area contributed by atoms with Crippen LogP contribution < -0.4 is 9.47 Å². The molecule has 1 N–H and O–H groups in total. The van der Waals surface area contributed by atoms with E-state index in [2.05, 4.69) is 23.2 Å². The third-order valence-corrected chi connectivity index (χ3v) is 5.24. The highest BCUT2D eigenvalue weighted by molar-refractivity contribution is 5.76. The van der Waals surface area contributed by atoms with Crippen LogP contribution in [0.4, 0.5) is 0 Å². The average molecular weight is 350 g/mol. The van der Waals surface area contributed by atoms with Crippen LogP contribution in [-0.2, 0) is 6.42 Å². The number of benzene rings is 2. The summed E-state index contributed by atoms with van der Waals surface area (Å²) >= 11 is 0. The Kier molecular flexibility index (Phi) is 5.09. The fraction of sp³-hybridized carbons (Fsp3) is 0.409. The van der Waals surface area contributed by atoms with E-state index in [1.165, 1.54) is 37.7 Å². The summed E-state index contributed by atoms with van der Waals surface area (Å²) in [6.07, 6.45) is 7.46. The summed E-state index contributed by atoms with van der Waals surface area (Å²) in [5.74, 6) is 3.49. The molecule has 26 heavy (non-hydrogen) atoms. The monoisotopic (exact) mass is 350 g/mol. The van der Waals surface area contributed by atoms with E-state index in [9.17, 15) is 0 Å².